The van der Waals surface area contributed by atoms with Crippen molar-refractivity contribution in [3.63, 3.8) is 0 Å². The maximum atomic E-state index is 11.8. The Labute approximate surface area is 156 Å². The molecule has 0 aromatic heterocycles. The van der Waals surface area contributed by atoms with Crippen molar-refractivity contribution in [2.24, 2.45) is 0 Å². The van der Waals surface area contributed by atoms with Crippen LogP contribution < -0.4 is 0 Å². The second-order valence-corrected chi connectivity index (χ2v) is 9.38. The summed E-state index contributed by atoms with van der Waals surface area (Å²) < 4.78 is 25.3. The fourth-order valence-electron chi connectivity index (χ4n) is 4.49. The molecule has 2 aromatic rings. The number of sulfonamides is 1. The summed E-state index contributed by atoms with van der Waals surface area (Å²) in [5.41, 5.74) is 4.16. The van der Waals surface area contributed by atoms with E-state index in [0.717, 1.165) is 25.8 Å². The summed E-state index contributed by atoms with van der Waals surface area (Å²) in [4.78, 5) is 2.61. The van der Waals surface area contributed by atoms with Crippen molar-refractivity contribution in [1.82, 2.24) is 9.21 Å². The fraction of sp³-hybridized carbons (Fsp3) is 0.429. The normalized spacial score (nSPS) is 22.9. The van der Waals surface area contributed by atoms with Crippen LogP contribution in [-0.2, 0) is 16.4 Å². The number of hydrogen-bond donors (Lipinski definition) is 0. The molecule has 0 spiro atoms. The van der Waals surface area contributed by atoms with E-state index >= 15 is 0 Å². The predicted molar refractivity (Wildman–Crippen MR) is 105 cm³/mol. The zero-order chi connectivity index (χ0) is 18.1. The van der Waals surface area contributed by atoms with Crippen molar-refractivity contribution in [1.29, 1.82) is 0 Å². The number of nitrogens with zero attached hydrogens (tertiary/aromatic N) is 2. The van der Waals surface area contributed by atoms with Gasteiger partial charge in [0, 0.05) is 25.7 Å². The van der Waals surface area contributed by atoms with Gasteiger partial charge >= 0.3 is 0 Å². The summed E-state index contributed by atoms with van der Waals surface area (Å²) in [6.45, 7) is 2.28. The van der Waals surface area contributed by atoms with Crippen LogP contribution in [0.25, 0.3) is 0 Å². The van der Waals surface area contributed by atoms with Gasteiger partial charge in [-0.05, 0) is 36.0 Å². The smallest absolute Gasteiger partial charge is 0.211 e. The standard InChI is InChI=1S/C21H26N2O2S/c1-26(24,25)22-14-12-19(13-15-22)23-16-11-17-7-5-6-10-20(17)21(23)18-8-3-2-4-9-18/h2-10,19,21H,11-16H2,1H3. The molecule has 138 valence electrons. The highest BCUT2D eigenvalue weighted by Crippen LogP contribution is 2.38. The first-order chi connectivity index (χ1) is 12.5. The van der Waals surface area contributed by atoms with Gasteiger partial charge < -0.3 is 0 Å². The van der Waals surface area contributed by atoms with Crippen LogP contribution in [0.4, 0.5) is 0 Å². The number of rotatable bonds is 3. The van der Waals surface area contributed by atoms with Gasteiger partial charge in [0.1, 0.15) is 0 Å². The summed E-state index contributed by atoms with van der Waals surface area (Å²) in [5.74, 6) is 0. The van der Waals surface area contributed by atoms with Crippen LogP contribution in [0.2, 0.25) is 0 Å². The highest BCUT2D eigenvalue weighted by Gasteiger charge is 2.35. The number of hydrogen-bond acceptors (Lipinski definition) is 3. The molecule has 0 N–H and O–H groups in total. The van der Waals surface area contributed by atoms with E-state index in [4.69, 9.17) is 0 Å². The van der Waals surface area contributed by atoms with E-state index in [1.54, 1.807) is 4.31 Å². The zero-order valence-electron chi connectivity index (χ0n) is 15.2. The molecule has 0 saturated carbocycles. The van der Waals surface area contributed by atoms with Crippen molar-refractivity contribution in [2.75, 3.05) is 25.9 Å². The predicted octanol–water partition coefficient (Wildman–Crippen LogP) is 3.06. The first-order valence-electron chi connectivity index (χ1n) is 9.37. The van der Waals surface area contributed by atoms with Gasteiger partial charge in [0.25, 0.3) is 0 Å². The van der Waals surface area contributed by atoms with Gasteiger partial charge in [0.15, 0.2) is 0 Å². The summed E-state index contributed by atoms with van der Waals surface area (Å²) in [5, 5.41) is 0. The average molecular weight is 371 g/mol. The Morgan fingerprint density at radius 1 is 0.885 bits per heavy atom. The third-order valence-corrected chi connectivity index (χ3v) is 7.10. The molecule has 2 heterocycles. The van der Waals surface area contributed by atoms with E-state index in [0.29, 0.717) is 19.1 Å². The van der Waals surface area contributed by atoms with Gasteiger partial charge in [-0.15, -0.1) is 0 Å². The van der Waals surface area contributed by atoms with Crippen molar-refractivity contribution < 1.29 is 8.42 Å². The van der Waals surface area contributed by atoms with Crippen LogP contribution in [0.3, 0.4) is 0 Å². The zero-order valence-corrected chi connectivity index (χ0v) is 16.0. The van der Waals surface area contributed by atoms with Crippen molar-refractivity contribution in [3.05, 3.63) is 71.3 Å². The lowest BCUT2D eigenvalue weighted by Crippen LogP contribution is -2.49. The Morgan fingerprint density at radius 3 is 2.23 bits per heavy atom. The third kappa shape index (κ3) is 3.43. The molecule has 1 unspecified atom stereocenters. The quantitative estimate of drug-likeness (QED) is 0.834. The van der Waals surface area contributed by atoms with E-state index in [1.165, 1.54) is 22.9 Å². The summed E-state index contributed by atoms with van der Waals surface area (Å²) in [7, 11) is -3.08. The van der Waals surface area contributed by atoms with Crippen molar-refractivity contribution in [2.45, 2.75) is 31.3 Å². The van der Waals surface area contributed by atoms with Gasteiger partial charge in [0.2, 0.25) is 10.0 Å². The van der Waals surface area contributed by atoms with Crippen molar-refractivity contribution >= 4 is 10.0 Å². The van der Waals surface area contributed by atoms with Gasteiger partial charge in [-0.3, -0.25) is 4.90 Å². The minimum atomic E-state index is -3.08. The Morgan fingerprint density at radius 2 is 1.54 bits per heavy atom. The van der Waals surface area contributed by atoms with Gasteiger partial charge in [-0.1, -0.05) is 54.6 Å². The molecule has 1 fully saturated rings. The Balaban J connectivity index is 1.63. The molecule has 0 amide bonds. The molecule has 2 aromatic carbocycles. The van der Waals surface area contributed by atoms with Crippen LogP contribution in [-0.4, -0.2) is 49.6 Å². The molecule has 0 bridgehead atoms. The van der Waals surface area contributed by atoms with E-state index in [-0.39, 0.29) is 6.04 Å². The molecular weight excluding hydrogens is 344 g/mol. The molecule has 4 nitrogen and oxygen atoms in total. The first kappa shape index (κ1) is 17.7. The monoisotopic (exact) mass is 370 g/mol. The van der Waals surface area contributed by atoms with Gasteiger partial charge in [-0.2, -0.15) is 0 Å². The van der Waals surface area contributed by atoms with E-state index in [1.807, 2.05) is 0 Å². The number of piperidine rings is 1. The molecule has 0 radical (unpaired) electrons. The third-order valence-electron chi connectivity index (χ3n) is 5.80. The topological polar surface area (TPSA) is 40.6 Å². The first-order valence-corrected chi connectivity index (χ1v) is 11.2. The Hall–Kier alpha value is -1.69. The number of fused-ring (bicyclic) bond motifs is 1. The summed E-state index contributed by atoms with van der Waals surface area (Å²) in [6, 6.07) is 20.1. The SMILES string of the molecule is CS(=O)(=O)N1CCC(N2CCc3ccccc3C2c2ccccc2)CC1. The maximum absolute atomic E-state index is 11.8. The molecule has 5 heteroatoms. The van der Waals surface area contributed by atoms with E-state index in [9.17, 15) is 8.42 Å². The molecule has 2 aliphatic rings. The molecule has 2 aliphatic heterocycles. The highest BCUT2D eigenvalue weighted by molar-refractivity contribution is 7.88. The molecular formula is C21H26N2O2S. The molecule has 1 atom stereocenters. The minimum absolute atomic E-state index is 0.260. The molecule has 1 saturated heterocycles. The maximum Gasteiger partial charge on any atom is 0.211 e. The molecule has 4 rings (SSSR count). The highest BCUT2D eigenvalue weighted by atomic mass is 32.2. The molecule has 26 heavy (non-hydrogen) atoms. The van der Waals surface area contributed by atoms with Crippen LogP contribution in [0.5, 0.6) is 0 Å². The van der Waals surface area contributed by atoms with Crippen LogP contribution in [0.15, 0.2) is 54.6 Å². The lowest BCUT2D eigenvalue weighted by atomic mass is 9.86. The Bertz CT molecular complexity index is 859. The largest absolute Gasteiger partial charge is 0.289 e. The fourth-order valence-corrected chi connectivity index (χ4v) is 5.37. The second kappa shape index (κ2) is 7.14. The van der Waals surface area contributed by atoms with Gasteiger partial charge in [-0.25, -0.2) is 12.7 Å². The second-order valence-electron chi connectivity index (χ2n) is 7.39. The summed E-state index contributed by atoms with van der Waals surface area (Å²) >= 11 is 0. The minimum Gasteiger partial charge on any atom is -0.289 e. The van der Waals surface area contributed by atoms with E-state index in [2.05, 4.69) is 59.5 Å². The lowest BCUT2D eigenvalue weighted by molar-refractivity contribution is 0.103. The number of benzene rings is 2. The molecule has 0 aliphatic carbocycles. The van der Waals surface area contributed by atoms with Crippen LogP contribution >= 0.6 is 0 Å². The lowest BCUT2D eigenvalue weighted by Gasteiger charge is -2.45. The van der Waals surface area contributed by atoms with Gasteiger partial charge in [0.05, 0.1) is 12.3 Å². The summed E-state index contributed by atoms with van der Waals surface area (Å²) in [6.07, 6.45) is 4.18. The van der Waals surface area contributed by atoms with Crippen molar-refractivity contribution in [3.8, 4) is 0 Å². The average Bonchev–Trinajstić information content (AvgIpc) is 2.67. The van der Waals surface area contributed by atoms with Crippen LogP contribution in [0.1, 0.15) is 35.6 Å². The van der Waals surface area contributed by atoms with E-state index < -0.39 is 10.0 Å². The Kier molecular flexibility index (Phi) is 4.86. The van der Waals surface area contributed by atoms with Crippen LogP contribution in [0, 0.1) is 0 Å².